The van der Waals surface area contributed by atoms with Crippen molar-refractivity contribution in [2.75, 3.05) is 19.7 Å². The topological polar surface area (TPSA) is 79.7 Å². The number of nitrogens with zero attached hydrogens (tertiary/aromatic N) is 2. The number of carbonyl (C=O) groups excluding carboxylic acids is 1. The van der Waals surface area contributed by atoms with Crippen LogP contribution in [0.5, 0.6) is 5.75 Å². The van der Waals surface area contributed by atoms with Gasteiger partial charge in [0, 0.05) is 24.6 Å². The summed E-state index contributed by atoms with van der Waals surface area (Å²) < 4.78 is 5.74. The van der Waals surface area contributed by atoms with Crippen molar-refractivity contribution in [1.29, 1.82) is 0 Å². The van der Waals surface area contributed by atoms with Crippen LogP contribution in [0.25, 0.3) is 0 Å². The molecule has 2 atom stereocenters. The van der Waals surface area contributed by atoms with Crippen molar-refractivity contribution in [2.24, 2.45) is 5.41 Å². The Balaban J connectivity index is 1.73. The number of carbonyl (C=O) groups is 2. The van der Waals surface area contributed by atoms with Gasteiger partial charge >= 0.3 is 5.97 Å². The third-order valence-corrected chi connectivity index (χ3v) is 6.19. The first-order chi connectivity index (χ1) is 11.9. The number of aryl methyl sites for hydroxylation is 2. The minimum absolute atomic E-state index is 0.0779. The zero-order valence-electron chi connectivity index (χ0n) is 14.0. The van der Waals surface area contributed by atoms with Crippen LogP contribution in [-0.4, -0.2) is 46.6 Å². The van der Waals surface area contributed by atoms with E-state index in [1.165, 1.54) is 11.3 Å². The molecule has 6 nitrogen and oxygen atoms in total. The number of benzene rings is 1. The van der Waals surface area contributed by atoms with Crippen molar-refractivity contribution >= 4 is 23.2 Å². The first-order valence-electron chi connectivity index (χ1n) is 8.11. The Bertz CT molecular complexity index is 878. The normalized spacial score (nSPS) is 24.4. The van der Waals surface area contributed by atoms with Crippen LogP contribution in [0.2, 0.25) is 0 Å². The third kappa shape index (κ3) is 2.33. The Morgan fingerprint density at radius 2 is 2.12 bits per heavy atom. The Hall–Kier alpha value is -2.41. The van der Waals surface area contributed by atoms with Gasteiger partial charge in [0.1, 0.15) is 22.6 Å². The molecular weight excluding hydrogens is 340 g/mol. The third-order valence-electron chi connectivity index (χ3n) is 5.13. The zero-order valence-corrected chi connectivity index (χ0v) is 14.8. The van der Waals surface area contributed by atoms with Crippen molar-refractivity contribution < 1.29 is 19.4 Å². The van der Waals surface area contributed by atoms with Crippen LogP contribution in [0, 0.1) is 19.3 Å². The smallest absolute Gasteiger partial charge is 0.315 e. The number of hydrogen-bond acceptors (Lipinski definition) is 5. The van der Waals surface area contributed by atoms with Gasteiger partial charge in [-0.2, -0.15) is 0 Å². The van der Waals surface area contributed by atoms with Crippen LogP contribution in [0.15, 0.2) is 24.3 Å². The van der Waals surface area contributed by atoms with Crippen molar-refractivity contribution in [2.45, 2.75) is 19.8 Å². The number of fused-ring (bicyclic) bond motifs is 3. The molecule has 0 spiro atoms. The molecule has 0 radical (unpaired) electrons. The fraction of sp³-hybridized carbons (Fsp3) is 0.389. The second-order valence-electron chi connectivity index (χ2n) is 6.67. The van der Waals surface area contributed by atoms with Gasteiger partial charge in [0.25, 0.3) is 5.91 Å². The average Bonchev–Trinajstić information content (AvgIpc) is 3.15. The summed E-state index contributed by atoms with van der Waals surface area (Å²) in [5.41, 5.74) is 0.463. The number of likely N-dealkylation sites (tertiary alicyclic amines) is 1. The van der Waals surface area contributed by atoms with Crippen LogP contribution in [0.4, 0.5) is 0 Å². The summed E-state index contributed by atoms with van der Waals surface area (Å²) in [6.45, 7) is 4.28. The molecule has 2 aromatic rings. The number of hydrogen-bond donors (Lipinski definition) is 1. The van der Waals surface area contributed by atoms with E-state index in [9.17, 15) is 14.7 Å². The molecule has 1 aromatic heterocycles. The molecular formula is C18H18N2O4S. The van der Waals surface area contributed by atoms with E-state index in [0.29, 0.717) is 22.9 Å². The number of rotatable bonds is 2. The minimum atomic E-state index is -1.10. The number of amides is 1. The molecule has 2 aliphatic rings. The van der Waals surface area contributed by atoms with Crippen molar-refractivity contribution in [3.8, 4) is 5.75 Å². The molecule has 1 fully saturated rings. The number of carboxylic acid groups (broad SMARTS) is 1. The summed E-state index contributed by atoms with van der Waals surface area (Å²) >= 11 is 1.35. The molecule has 1 aromatic carbocycles. The second kappa shape index (κ2) is 5.56. The number of aliphatic carboxylic acids is 1. The number of thiazole rings is 1. The summed E-state index contributed by atoms with van der Waals surface area (Å²) in [4.78, 5) is 31.6. The van der Waals surface area contributed by atoms with E-state index in [1.54, 1.807) is 4.90 Å². The standard InChI is InChI=1S/C18H18N2O4S/c1-10-15(25-11(2)19-10)16(21)20-7-13-12-5-3-4-6-14(12)24-9-18(13,8-20)17(22)23/h3-6,13H,7-9H2,1-2H3,(H,22,23). The van der Waals surface area contributed by atoms with E-state index in [2.05, 4.69) is 4.98 Å². The summed E-state index contributed by atoms with van der Waals surface area (Å²) in [5, 5.41) is 10.8. The van der Waals surface area contributed by atoms with E-state index >= 15 is 0 Å². The molecule has 1 N–H and O–H groups in total. The minimum Gasteiger partial charge on any atom is -0.492 e. The first-order valence-corrected chi connectivity index (χ1v) is 8.92. The SMILES string of the molecule is Cc1nc(C)c(C(=O)N2CC3c4ccccc4OCC3(C(=O)O)C2)s1. The van der Waals surface area contributed by atoms with Crippen LogP contribution in [0.3, 0.4) is 0 Å². The lowest BCUT2D eigenvalue weighted by Crippen LogP contribution is -2.46. The highest BCUT2D eigenvalue weighted by molar-refractivity contribution is 7.13. The number of carboxylic acids is 1. The number of ether oxygens (including phenoxy) is 1. The Labute approximate surface area is 149 Å². The maximum absolute atomic E-state index is 13.0. The van der Waals surface area contributed by atoms with E-state index in [4.69, 9.17) is 4.74 Å². The Morgan fingerprint density at radius 1 is 1.36 bits per heavy atom. The molecule has 0 bridgehead atoms. The molecule has 4 rings (SSSR count). The van der Waals surface area contributed by atoms with E-state index in [-0.39, 0.29) is 25.0 Å². The quantitative estimate of drug-likeness (QED) is 0.892. The highest BCUT2D eigenvalue weighted by atomic mass is 32.1. The lowest BCUT2D eigenvalue weighted by molar-refractivity contribution is -0.151. The van der Waals surface area contributed by atoms with E-state index < -0.39 is 11.4 Å². The molecule has 2 unspecified atom stereocenters. The summed E-state index contributed by atoms with van der Waals surface area (Å²) in [7, 11) is 0. The van der Waals surface area contributed by atoms with Crippen LogP contribution in [0.1, 0.15) is 31.9 Å². The van der Waals surface area contributed by atoms with Crippen LogP contribution in [-0.2, 0) is 4.79 Å². The van der Waals surface area contributed by atoms with Gasteiger partial charge in [-0.15, -0.1) is 11.3 Å². The lowest BCUT2D eigenvalue weighted by Gasteiger charge is -2.35. The highest BCUT2D eigenvalue weighted by Crippen LogP contribution is 2.50. The lowest BCUT2D eigenvalue weighted by atomic mass is 9.73. The van der Waals surface area contributed by atoms with Gasteiger partial charge in [-0.1, -0.05) is 18.2 Å². The number of para-hydroxylation sites is 1. The fourth-order valence-corrected chi connectivity index (χ4v) is 4.75. The highest BCUT2D eigenvalue weighted by Gasteiger charge is 2.57. The second-order valence-corrected chi connectivity index (χ2v) is 7.88. The maximum atomic E-state index is 13.0. The summed E-state index contributed by atoms with van der Waals surface area (Å²) in [6.07, 6.45) is 0. The average molecular weight is 358 g/mol. The molecule has 1 saturated heterocycles. The molecule has 7 heteroatoms. The summed E-state index contributed by atoms with van der Waals surface area (Å²) in [5.74, 6) is -0.619. The predicted octanol–water partition coefficient (Wildman–Crippen LogP) is 2.46. The van der Waals surface area contributed by atoms with Crippen molar-refractivity contribution in [3.63, 3.8) is 0 Å². The van der Waals surface area contributed by atoms with E-state index in [1.807, 2.05) is 38.1 Å². The van der Waals surface area contributed by atoms with Gasteiger partial charge < -0.3 is 14.7 Å². The van der Waals surface area contributed by atoms with Crippen LogP contribution < -0.4 is 4.74 Å². The molecule has 1 amide bonds. The molecule has 130 valence electrons. The fourth-order valence-electron chi connectivity index (χ4n) is 3.87. The van der Waals surface area contributed by atoms with Gasteiger partial charge in [-0.25, -0.2) is 4.98 Å². The largest absolute Gasteiger partial charge is 0.492 e. The zero-order chi connectivity index (χ0) is 17.8. The van der Waals surface area contributed by atoms with Crippen LogP contribution >= 0.6 is 11.3 Å². The Morgan fingerprint density at radius 3 is 2.80 bits per heavy atom. The molecule has 25 heavy (non-hydrogen) atoms. The maximum Gasteiger partial charge on any atom is 0.315 e. The molecule has 3 heterocycles. The van der Waals surface area contributed by atoms with Gasteiger partial charge in [-0.05, 0) is 19.9 Å². The Kier molecular flexibility index (Phi) is 3.57. The number of aromatic nitrogens is 1. The van der Waals surface area contributed by atoms with Crippen molar-refractivity contribution in [1.82, 2.24) is 9.88 Å². The van der Waals surface area contributed by atoms with Gasteiger partial charge in [0.2, 0.25) is 0 Å². The summed E-state index contributed by atoms with van der Waals surface area (Å²) in [6, 6.07) is 7.49. The van der Waals surface area contributed by atoms with Gasteiger partial charge in [0.15, 0.2) is 0 Å². The molecule has 0 saturated carbocycles. The van der Waals surface area contributed by atoms with E-state index in [0.717, 1.165) is 10.6 Å². The monoisotopic (exact) mass is 358 g/mol. The first kappa shape index (κ1) is 16.1. The van der Waals surface area contributed by atoms with Gasteiger partial charge in [0.05, 0.1) is 10.7 Å². The van der Waals surface area contributed by atoms with Crippen molar-refractivity contribution in [3.05, 3.63) is 45.4 Å². The molecule has 2 aliphatic heterocycles. The van der Waals surface area contributed by atoms with Gasteiger partial charge in [-0.3, -0.25) is 9.59 Å². The molecule has 0 aliphatic carbocycles. The predicted molar refractivity (Wildman–Crippen MR) is 92.2 cm³/mol.